The van der Waals surface area contributed by atoms with E-state index >= 15 is 0 Å². The zero-order valence-electron chi connectivity index (χ0n) is 17.3. The van der Waals surface area contributed by atoms with Crippen LogP contribution in [0.3, 0.4) is 0 Å². The Hall–Kier alpha value is -1.76. The fraction of sp³-hybridized carbons (Fsp3) is 0.652. The van der Waals surface area contributed by atoms with E-state index in [0.29, 0.717) is 13.2 Å². The molecule has 1 spiro atoms. The molecule has 6 heteroatoms. The number of rotatable bonds is 5. The number of hydrogen-bond acceptors (Lipinski definition) is 6. The van der Waals surface area contributed by atoms with Crippen LogP contribution in [0.25, 0.3) is 0 Å². The number of benzene rings is 1. The van der Waals surface area contributed by atoms with Crippen molar-refractivity contribution in [1.82, 2.24) is 5.32 Å². The van der Waals surface area contributed by atoms with Crippen LogP contribution in [0, 0.1) is 11.8 Å². The first-order chi connectivity index (χ1) is 14.0. The lowest BCUT2D eigenvalue weighted by Gasteiger charge is -2.33. The number of carbonyl (C=O) groups is 2. The molecule has 0 aromatic heterocycles. The maximum atomic E-state index is 12.8. The number of nitrogens with one attached hydrogen (secondary N) is 1. The summed E-state index contributed by atoms with van der Waals surface area (Å²) in [7, 11) is 0. The third-order valence-electron chi connectivity index (χ3n) is 6.61. The second-order valence-electron chi connectivity index (χ2n) is 8.44. The number of hydrogen-bond donors (Lipinski definition) is 1. The predicted molar refractivity (Wildman–Crippen MR) is 107 cm³/mol. The summed E-state index contributed by atoms with van der Waals surface area (Å²) >= 11 is 0. The Morgan fingerprint density at radius 2 is 1.90 bits per heavy atom. The monoisotopic (exact) mass is 401 g/mol. The fourth-order valence-corrected chi connectivity index (χ4v) is 5.33. The first kappa shape index (κ1) is 20.5. The second-order valence-corrected chi connectivity index (χ2v) is 8.44. The van der Waals surface area contributed by atoms with E-state index in [9.17, 15) is 9.59 Å². The highest BCUT2D eigenvalue weighted by Crippen LogP contribution is 2.46. The minimum absolute atomic E-state index is 0.0522. The van der Waals surface area contributed by atoms with Crippen molar-refractivity contribution in [3.63, 3.8) is 0 Å². The van der Waals surface area contributed by atoms with E-state index in [1.807, 2.05) is 30.3 Å². The Labute approximate surface area is 172 Å². The summed E-state index contributed by atoms with van der Waals surface area (Å²) in [6.07, 6.45) is 4.81. The van der Waals surface area contributed by atoms with Gasteiger partial charge in [-0.1, -0.05) is 36.8 Å². The summed E-state index contributed by atoms with van der Waals surface area (Å²) in [6.45, 7) is 4.12. The molecule has 2 aliphatic heterocycles. The van der Waals surface area contributed by atoms with E-state index in [1.54, 1.807) is 13.8 Å². The van der Waals surface area contributed by atoms with Gasteiger partial charge in [0.05, 0.1) is 19.3 Å². The van der Waals surface area contributed by atoms with Crippen molar-refractivity contribution in [2.75, 3.05) is 13.2 Å². The third kappa shape index (κ3) is 3.98. The molecule has 1 N–H and O–H groups in total. The lowest BCUT2D eigenvalue weighted by molar-refractivity contribution is -0.194. The molecule has 3 aliphatic rings. The van der Waals surface area contributed by atoms with Crippen molar-refractivity contribution in [2.45, 2.75) is 69.9 Å². The average molecular weight is 402 g/mol. The number of ether oxygens (including phenoxy) is 3. The van der Waals surface area contributed by atoms with Crippen molar-refractivity contribution in [1.29, 1.82) is 0 Å². The van der Waals surface area contributed by atoms with Crippen LogP contribution in [0.15, 0.2) is 30.3 Å². The summed E-state index contributed by atoms with van der Waals surface area (Å²) in [5.74, 6) is -1.52. The molecule has 0 amide bonds. The fourth-order valence-electron chi connectivity index (χ4n) is 5.33. The quantitative estimate of drug-likeness (QED) is 0.764. The Balaban J connectivity index is 1.65. The number of carbonyl (C=O) groups excluding carboxylic acids is 2. The standard InChI is InChI=1S/C23H31NO5/c1-3-27-22(26)21-19(17-14-28-23(29-17)12-8-5-9-13-23)18(15(2)25)20(24-21)16-10-6-4-7-11-16/h4,6-7,10-11,17-21,24H,3,5,8-9,12-14H2,1-2H3/t17-,18-,19-,20-,21-/m1/s1. The Morgan fingerprint density at radius 1 is 1.17 bits per heavy atom. The van der Waals surface area contributed by atoms with Crippen LogP contribution in [0.1, 0.15) is 57.6 Å². The van der Waals surface area contributed by atoms with E-state index in [4.69, 9.17) is 14.2 Å². The normalized spacial score (nSPS) is 33.7. The summed E-state index contributed by atoms with van der Waals surface area (Å²) in [5, 5.41) is 3.41. The average Bonchev–Trinajstić information content (AvgIpc) is 3.31. The van der Waals surface area contributed by atoms with Crippen molar-refractivity contribution < 1.29 is 23.8 Å². The topological polar surface area (TPSA) is 73.9 Å². The van der Waals surface area contributed by atoms with Crippen LogP contribution in [-0.2, 0) is 23.8 Å². The Bertz CT molecular complexity index is 730. The van der Waals surface area contributed by atoms with Gasteiger partial charge in [0.15, 0.2) is 5.79 Å². The van der Waals surface area contributed by atoms with Gasteiger partial charge >= 0.3 is 5.97 Å². The molecule has 1 aliphatic carbocycles. The minimum atomic E-state index is -0.596. The van der Waals surface area contributed by atoms with Gasteiger partial charge in [0.1, 0.15) is 11.8 Å². The van der Waals surface area contributed by atoms with Crippen LogP contribution < -0.4 is 5.32 Å². The van der Waals surface area contributed by atoms with Gasteiger partial charge < -0.3 is 14.2 Å². The first-order valence-corrected chi connectivity index (χ1v) is 10.8. The highest BCUT2D eigenvalue weighted by atomic mass is 16.7. The molecule has 0 bridgehead atoms. The number of esters is 1. The Kier molecular flexibility index (Phi) is 6.04. The molecule has 158 valence electrons. The smallest absolute Gasteiger partial charge is 0.323 e. The molecule has 5 atom stereocenters. The molecule has 3 fully saturated rings. The number of Topliss-reactive ketones (excluding diaryl/α,β-unsaturated/α-hetero) is 1. The third-order valence-corrected chi connectivity index (χ3v) is 6.61. The number of ketones is 1. The SMILES string of the molecule is CCOC(=O)[C@@H]1N[C@H](c2ccccc2)[C@H](C(C)=O)[C@H]1[C@H]1COC2(CCCCC2)O1. The van der Waals surface area contributed by atoms with Gasteiger partial charge in [0, 0.05) is 30.7 Å². The zero-order chi connectivity index (χ0) is 20.4. The van der Waals surface area contributed by atoms with E-state index in [-0.39, 0.29) is 35.7 Å². The lowest BCUT2D eigenvalue weighted by Crippen LogP contribution is -2.45. The largest absolute Gasteiger partial charge is 0.465 e. The molecule has 29 heavy (non-hydrogen) atoms. The van der Waals surface area contributed by atoms with Crippen LogP contribution >= 0.6 is 0 Å². The maximum Gasteiger partial charge on any atom is 0.323 e. The van der Waals surface area contributed by atoms with Crippen LogP contribution in [0.2, 0.25) is 0 Å². The summed E-state index contributed by atoms with van der Waals surface area (Å²) in [5.41, 5.74) is 0.996. The highest BCUT2D eigenvalue weighted by Gasteiger charge is 2.56. The van der Waals surface area contributed by atoms with Gasteiger partial charge in [-0.3, -0.25) is 14.9 Å². The van der Waals surface area contributed by atoms with Crippen molar-refractivity contribution >= 4 is 11.8 Å². The van der Waals surface area contributed by atoms with E-state index in [0.717, 1.165) is 31.2 Å². The van der Waals surface area contributed by atoms with Gasteiger partial charge in [-0.05, 0) is 32.3 Å². The van der Waals surface area contributed by atoms with E-state index in [1.165, 1.54) is 6.42 Å². The summed E-state index contributed by atoms with van der Waals surface area (Å²) < 4.78 is 18.0. The van der Waals surface area contributed by atoms with Gasteiger partial charge in [-0.2, -0.15) is 0 Å². The molecule has 1 saturated carbocycles. The lowest BCUT2D eigenvalue weighted by atomic mass is 9.79. The van der Waals surface area contributed by atoms with Crippen LogP contribution in [-0.4, -0.2) is 42.9 Å². The molecular formula is C23H31NO5. The Morgan fingerprint density at radius 3 is 2.55 bits per heavy atom. The zero-order valence-corrected chi connectivity index (χ0v) is 17.3. The molecule has 0 radical (unpaired) electrons. The molecule has 2 saturated heterocycles. The summed E-state index contributed by atoms with van der Waals surface area (Å²) in [4.78, 5) is 25.6. The molecule has 1 aromatic rings. The van der Waals surface area contributed by atoms with Crippen LogP contribution in [0.4, 0.5) is 0 Å². The van der Waals surface area contributed by atoms with Crippen LogP contribution in [0.5, 0.6) is 0 Å². The molecule has 4 rings (SSSR count). The van der Waals surface area contributed by atoms with E-state index < -0.39 is 11.8 Å². The van der Waals surface area contributed by atoms with E-state index in [2.05, 4.69) is 5.32 Å². The summed E-state index contributed by atoms with van der Waals surface area (Å²) in [6, 6.07) is 8.99. The molecule has 1 aromatic carbocycles. The van der Waals surface area contributed by atoms with Gasteiger partial charge in [0.2, 0.25) is 0 Å². The van der Waals surface area contributed by atoms with Crippen molar-refractivity contribution in [2.24, 2.45) is 11.8 Å². The predicted octanol–water partition coefficient (Wildman–Crippen LogP) is 3.16. The molecular weight excluding hydrogens is 370 g/mol. The highest BCUT2D eigenvalue weighted by molar-refractivity contribution is 5.84. The molecule has 2 heterocycles. The first-order valence-electron chi connectivity index (χ1n) is 10.8. The van der Waals surface area contributed by atoms with Crippen molar-refractivity contribution in [3.05, 3.63) is 35.9 Å². The van der Waals surface area contributed by atoms with Crippen molar-refractivity contribution in [3.8, 4) is 0 Å². The maximum absolute atomic E-state index is 12.8. The molecule has 6 nitrogen and oxygen atoms in total. The van der Waals surface area contributed by atoms with Gasteiger partial charge in [0.25, 0.3) is 0 Å². The molecule has 0 unspecified atom stereocenters. The minimum Gasteiger partial charge on any atom is -0.465 e. The van der Waals surface area contributed by atoms with Gasteiger partial charge in [-0.15, -0.1) is 0 Å². The second kappa shape index (κ2) is 8.54. The van der Waals surface area contributed by atoms with Gasteiger partial charge in [-0.25, -0.2) is 0 Å².